The molecule has 0 heterocycles. The molecule has 0 amide bonds. The summed E-state index contributed by atoms with van der Waals surface area (Å²) >= 11 is 4.12. The number of hydrogen-bond acceptors (Lipinski definition) is 0. The van der Waals surface area contributed by atoms with Crippen molar-refractivity contribution in [1.29, 1.82) is 0 Å². The van der Waals surface area contributed by atoms with Crippen molar-refractivity contribution in [3.63, 3.8) is 0 Å². The molecule has 0 fully saturated rings. The van der Waals surface area contributed by atoms with E-state index in [0.717, 1.165) is 6.42 Å². The summed E-state index contributed by atoms with van der Waals surface area (Å²) in [6.45, 7) is 9.60. The molecule has 0 N–H and O–H groups in total. The molecular formula is C20H27BrSi. The quantitative estimate of drug-likeness (QED) is 0.436. The van der Waals surface area contributed by atoms with Crippen molar-refractivity contribution in [2.45, 2.75) is 45.2 Å². The Morgan fingerprint density at radius 3 is 1.86 bits per heavy atom. The predicted molar refractivity (Wildman–Crippen MR) is 104 cm³/mol. The van der Waals surface area contributed by atoms with E-state index in [9.17, 15) is 0 Å². The van der Waals surface area contributed by atoms with Crippen molar-refractivity contribution in [2.75, 3.05) is 0 Å². The largest absolute Gasteiger partial charge is 0.130 e. The summed E-state index contributed by atoms with van der Waals surface area (Å²) < 4.78 is 0. The minimum Gasteiger partial charge on any atom is -0.130 e. The summed E-state index contributed by atoms with van der Waals surface area (Å²) in [5.41, 5.74) is 3.23. The molecular weight excluding hydrogens is 348 g/mol. The van der Waals surface area contributed by atoms with Gasteiger partial charge in [0, 0.05) is 0 Å². The molecule has 0 spiro atoms. The van der Waals surface area contributed by atoms with Crippen LogP contribution in [0.2, 0.25) is 6.04 Å². The van der Waals surface area contributed by atoms with E-state index >= 15 is 0 Å². The van der Waals surface area contributed by atoms with Crippen LogP contribution in [0.3, 0.4) is 0 Å². The Kier molecular flexibility index (Phi) is 5.68. The molecule has 0 nitrogen and oxygen atoms in total. The fourth-order valence-corrected chi connectivity index (χ4v) is 8.61. The Balaban J connectivity index is 2.08. The summed E-state index contributed by atoms with van der Waals surface area (Å²) in [6, 6.07) is 23.1. The van der Waals surface area contributed by atoms with Gasteiger partial charge in [0.1, 0.15) is 7.42 Å². The van der Waals surface area contributed by atoms with Crippen molar-refractivity contribution < 1.29 is 0 Å². The fourth-order valence-electron chi connectivity index (χ4n) is 3.01. The molecule has 22 heavy (non-hydrogen) atoms. The molecule has 2 aromatic rings. The van der Waals surface area contributed by atoms with Crippen LogP contribution in [0.25, 0.3) is 0 Å². The highest BCUT2D eigenvalue weighted by Gasteiger charge is 2.35. The van der Waals surface area contributed by atoms with Crippen LogP contribution in [-0.2, 0) is 11.5 Å². The molecule has 0 aliphatic heterocycles. The molecule has 0 aliphatic rings. The molecule has 0 saturated carbocycles. The molecule has 2 heteroatoms. The van der Waals surface area contributed by atoms with Gasteiger partial charge in [-0.25, -0.2) is 0 Å². The standard InChI is InChI=1S/C20H27BrSi/c1-19(2,15-17-11-7-5-8-12-17)16-22(21)20(3,4)18-13-9-6-10-14-18/h5-14,22H,15-16H2,1-4H3. The highest BCUT2D eigenvalue weighted by Crippen LogP contribution is 2.38. The van der Waals surface area contributed by atoms with Crippen LogP contribution in [0.4, 0.5) is 0 Å². The van der Waals surface area contributed by atoms with Gasteiger partial charge in [-0.2, -0.15) is 0 Å². The number of benzene rings is 2. The van der Waals surface area contributed by atoms with Crippen LogP contribution in [-0.4, -0.2) is 7.42 Å². The van der Waals surface area contributed by atoms with Gasteiger partial charge in [0.15, 0.2) is 0 Å². The predicted octanol–water partition coefficient (Wildman–Crippen LogP) is 5.89. The van der Waals surface area contributed by atoms with Gasteiger partial charge in [0.2, 0.25) is 0 Å². The Morgan fingerprint density at radius 2 is 1.32 bits per heavy atom. The van der Waals surface area contributed by atoms with Crippen LogP contribution < -0.4 is 0 Å². The zero-order chi connectivity index (χ0) is 16.2. The van der Waals surface area contributed by atoms with Gasteiger partial charge in [0.25, 0.3) is 0 Å². The second-order valence-corrected chi connectivity index (χ2v) is 13.7. The van der Waals surface area contributed by atoms with Crippen molar-refractivity contribution in [3.05, 3.63) is 71.8 Å². The van der Waals surface area contributed by atoms with Gasteiger partial charge in [-0.05, 0) is 34.0 Å². The van der Waals surface area contributed by atoms with E-state index in [0.29, 0.717) is 5.41 Å². The summed E-state index contributed by atoms with van der Waals surface area (Å²) in [7, 11) is -1.09. The normalized spacial score (nSPS) is 13.9. The van der Waals surface area contributed by atoms with Gasteiger partial charge < -0.3 is 0 Å². The summed E-state index contributed by atoms with van der Waals surface area (Å²) in [4.78, 5) is 0. The van der Waals surface area contributed by atoms with Crippen LogP contribution in [0.1, 0.15) is 38.8 Å². The van der Waals surface area contributed by atoms with E-state index in [1.54, 1.807) is 0 Å². The minimum atomic E-state index is -1.09. The van der Waals surface area contributed by atoms with E-state index in [4.69, 9.17) is 0 Å². The first-order valence-corrected chi connectivity index (χ1v) is 12.6. The molecule has 2 aromatic carbocycles. The number of hydrogen-bond donors (Lipinski definition) is 0. The van der Waals surface area contributed by atoms with Gasteiger partial charge in [-0.15, -0.1) is 15.3 Å². The number of rotatable bonds is 6. The zero-order valence-corrected chi connectivity index (χ0v) is 16.9. The second-order valence-electron chi connectivity index (χ2n) is 7.59. The second kappa shape index (κ2) is 7.14. The van der Waals surface area contributed by atoms with E-state index < -0.39 is 7.42 Å². The Hall–Kier alpha value is -0.863. The maximum absolute atomic E-state index is 4.12. The van der Waals surface area contributed by atoms with E-state index in [1.807, 2.05) is 0 Å². The van der Waals surface area contributed by atoms with Gasteiger partial charge in [0.05, 0.1) is 0 Å². The average Bonchev–Trinajstić information content (AvgIpc) is 2.48. The van der Waals surface area contributed by atoms with Crippen molar-refractivity contribution in [2.24, 2.45) is 5.41 Å². The lowest BCUT2D eigenvalue weighted by atomic mass is 9.88. The maximum atomic E-state index is 4.12. The lowest BCUT2D eigenvalue weighted by Crippen LogP contribution is -2.37. The zero-order valence-electron chi connectivity index (χ0n) is 14.1. The third kappa shape index (κ3) is 4.56. The van der Waals surface area contributed by atoms with Gasteiger partial charge in [-0.1, -0.05) is 88.4 Å². The van der Waals surface area contributed by atoms with E-state index in [1.165, 1.54) is 17.2 Å². The van der Waals surface area contributed by atoms with Crippen molar-refractivity contribution in [3.8, 4) is 0 Å². The first kappa shape index (κ1) is 17.5. The van der Waals surface area contributed by atoms with Gasteiger partial charge >= 0.3 is 0 Å². The first-order valence-electron chi connectivity index (χ1n) is 8.05. The third-order valence-electron chi connectivity index (χ3n) is 4.56. The molecule has 0 bridgehead atoms. The molecule has 0 aromatic heterocycles. The Morgan fingerprint density at radius 1 is 0.818 bits per heavy atom. The van der Waals surface area contributed by atoms with Crippen molar-refractivity contribution >= 4 is 22.7 Å². The third-order valence-corrected chi connectivity index (χ3v) is 12.3. The van der Waals surface area contributed by atoms with Gasteiger partial charge in [-0.3, -0.25) is 0 Å². The first-order chi connectivity index (χ1) is 10.3. The smallest absolute Gasteiger partial charge is 0.125 e. The highest BCUT2D eigenvalue weighted by atomic mass is 79.9. The lowest BCUT2D eigenvalue weighted by Gasteiger charge is -2.35. The SMILES string of the molecule is CC(C)(Cc1ccccc1)C[SiH](Br)C(C)(C)c1ccccc1. The molecule has 1 atom stereocenters. The van der Waals surface area contributed by atoms with Crippen LogP contribution >= 0.6 is 15.3 Å². The molecule has 118 valence electrons. The molecule has 1 unspecified atom stereocenters. The average molecular weight is 375 g/mol. The summed E-state index contributed by atoms with van der Waals surface area (Å²) in [6.07, 6.45) is 1.15. The Bertz CT molecular complexity index is 575. The van der Waals surface area contributed by atoms with Crippen LogP contribution in [0.5, 0.6) is 0 Å². The molecule has 0 radical (unpaired) electrons. The van der Waals surface area contributed by atoms with E-state index in [2.05, 4.69) is 104 Å². The molecule has 0 aliphatic carbocycles. The molecule has 2 rings (SSSR count). The summed E-state index contributed by atoms with van der Waals surface area (Å²) in [5.74, 6) is 0. The maximum Gasteiger partial charge on any atom is 0.125 e. The highest BCUT2D eigenvalue weighted by molar-refractivity contribution is 9.24. The lowest BCUT2D eigenvalue weighted by molar-refractivity contribution is 0.405. The minimum absolute atomic E-state index is 0.259. The topological polar surface area (TPSA) is 0 Å². The van der Waals surface area contributed by atoms with Crippen LogP contribution in [0, 0.1) is 5.41 Å². The fraction of sp³-hybridized carbons (Fsp3) is 0.400. The van der Waals surface area contributed by atoms with Crippen molar-refractivity contribution in [1.82, 2.24) is 0 Å². The number of halogens is 1. The van der Waals surface area contributed by atoms with E-state index in [-0.39, 0.29) is 5.04 Å². The van der Waals surface area contributed by atoms with Crippen LogP contribution in [0.15, 0.2) is 60.7 Å². The monoisotopic (exact) mass is 374 g/mol. The Labute approximate surface area is 145 Å². The molecule has 0 saturated heterocycles. The summed E-state index contributed by atoms with van der Waals surface area (Å²) in [5, 5.41) is 0.259.